The van der Waals surface area contributed by atoms with Crippen LogP contribution in [0.3, 0.4) is 0 Å². The molecule has 1 heterocycles. The predicted molar refractivity (Wildman–Crippen MR) is 110 cm³/mol. The second kappa shape index (κ2) is 9.17. The number of nitrogens with zero attached hydrogens (tertiary/aromatic N) is 2. The molecule has 0 aliphatic heterocycles. The van der Waals surface area contributed by atoms with E-state index >= 15 is 0 Å². The van der Waals surface area contributed by atoms with Gasteiger partial charge in [-0.05, 0) is 77.2 Å². The minimum absolute atomic E-state index is 0.129. The van der Waals surface area contributed by atoms with Gasteiger partial charge >= 0.3 is 0 Å². The summed E-state index contributed by atoms with van der Waals surface area (Å²) in [6, 6.07) is 16.4. The number of hydrogen-bond donors (Lipinski definition) is 2. The maximum absolute atomic E-state index is 12.0. The van der Waals surface area contributed by atoms with E-state index in [1.807, 2.05) is 36.5 Å². The van der Waals surface area contributed by atoms with E-state index in [9.17, 15) is 9.59 Å². The zero-order valence-electron chi connectivity index (χ0n) is 14.3. The number of anilines is 1. The molecule has 27 heavy (non-hydrogen) atoms. The smallest absolute Gasteiger partial charge is 0.258 e. The molecular formula is C19H17IN4O3. The van der Waals surface area contributed by atoms with Crippen LogP contribution in [0.2, 0.25) is 0 Å². The lowest BCUT2D eigenvalue weighted by Crippen LogP contribution is -2.35. The molecule has 0 aliphatic carbocycles. The largest absolute Gasteiger partial charge is 0.484 e. The van der Waals surface area contributed by atoms with E-state index in [1.165, 1.54) is 0 Å². The van der Waals surface area contributed by atoms with Crippen LogP contribution >= 0.6 is 22.6 Å². The van der Waals surface area contributed by atoms with Crippen molar-refractivity contribution < 1.29 is 14.3 Å². The van der Waals surface area contributed by atoms with E-state index in [0.717, 1.165) is 9.26 Å². The number of benzene rings is 2. The highest BCUT2D eigenvalue weighted by Gasteiger charge is 2.07. The molecule has 1 aromatic heterocycles. The van der Waals surface area contributed by atoms with E-state index in [-0.39, 0.29) is 25.0 Å². The van der Waals surface area contributed by atoms with Crippen molar-refractivity contribution >= 4 is 40.1 Å². The number of hydrogen-bond acceptors (Lipinski definition) is 4. The first-order valence-electron chi connectivity index (χ1n) is 8.15. The number of rotatable bonds is 7. The van der Waals surface area contributed by atoms with Gasteiger partial charge in [-0.15, -0.1) is 0 Å². The first-order chi connectivity index (χ1) is 13.1. The summed E-state index contributed by atoms with van der Waals surface area (Å²) in [6.45, 7) is -0.276. The van der Waals surface area contributed by atoms with Crippen molar-refractivity contribution in [1.82, 2.24) is 15.1 Å². The van der Waals surface area contributed by atoms with Gasteiger partial charge in [-0.1, -0.05) is 0 Å². The number of carbonyl (C=O) groups is 2. The van der Waals surface area contributed by atoms with Gasteiger partial charge in [-0.3, -0.25) is 9.59 Å². The van der Waals surface area contributed by atoms with E-state index in [0.29, 0.717) is 11.4 Å². The zero-order valence-corrected chi connectivity index (χ0v) is 16.4. The Labute approximate surface area is 169 Å². The molecule has 7 nitrogen and oxygen atoms in total. The van der Waals surface area contributed by atoms with E-state index in [2.05, 4.69) is 38.3 Å². The Balaban J connectivity index is 1.41. The van der Waals surface area contributed by atoms with Crippen LogP contribution in [0.5, 0.6) is 5.75 Å². The molecule has 0 spiro atoms. The Morgan fingerprint density at radius 2 is 1.78 bits per heavy atom. The second-order valence-corrected chi connectivity index (χ2v) is 6.81. The maximum Gasteiger partial charge on any atom is 0.258 e. The molecule has 138 valence electrons. The SMILES string of the molecule is O=C(COc1ccc(I)cc1)NCC(=O)Nc1ccc(-n2cccn2)cc1. The van der Waals surface area contributed by atoms with Crippen LogP contribution < -0.4 is 15.4 Å². The van der Waals surface area contributed by atoms with Crippen molar-refractivity contribution in [3.63, 3.8) is 0 Å². The summed E-state index contributed by atoms with van der Waals surface area (Å²) in [7, 11) is 0. The fourth-order valence-corrected chi connectivity index (χ4v) is 2.59. The monoisotopic (exact) mass is 476 g/mol. The Hall–Kier alpha value is -2.88. The number of halogens is 1. The molecule has 0 radical (unpaired) electrons. The van der Waals surface area contributed by atoms with Crippen LogP contribution in [0.15, 0.2) is 67.0 Å². The van der Waals surface area contributed by atoms with Crippen LogP contribution in [0, 0.1) is 3.57 Å². The molecule has 0 bridgehead atoms. The van der Waals surface area contributed by atoms with Gasteiger partial charge in [0.25, 0.3) is 5.91 Å². The molecule has 2 amide bonds. The Morgan fingerprint density at radius 1 is 1.04 bits per heavy atom. The van der Waals surface area contributed by atoms with Gasteiger partial charge in [0.05, 0.1) is 12.2 Å². The van der Waals surface area contributed by atoms with Crippen molar-refractivity contribution in [2.24, 2.45) is 0 Å². The van der Waals surface area contributed by atoms with Crippen LogP contribution in [-0.2, 0) is 9.59 Å². The van der Waals surface area contributed by atoms with Crippen LogP contribution in [-0.4, -0.2) is 34.7 Å². The van der Waals surface area contributed by atoms with E-state index in [4.69, 9.17) is 4.74 Å². The van der Waals surface area contributed by atoms with Gasteiger partial charge in [0, 0.05) is 21.7 Å². The molecule has 8 heteroatoms. The second-order valence-electron chi connectivity index (χ2n) is 5.57. The van der Waals surface area contributed by atoms with Crippen LogP contribution in [0.4, 0.5) is 5.69 Å². The molecular weight excluding hydrogens is 459 g/mol. The average Bonchev–Trinajstić information content (AvgIpc) is 3.21. The van der Waals surface area contributed by atoms with Gasteiger partial charge in [0.2, 0.25) is 5.91 Å². The molecule has 0 unspecified atom stereocenters. The first kappa shape index (κ1) is 18.9. The molecule has 3 rings (SSSR count). The third-order valence-electron chi connectivity index (χ3n) is 3.55. The lowest BCUT2D eigenvalue weighted by atomic mass is 10.3. The Morgan fingerprint density at radius 3 is 2.44 bits per heavy atom. The summed E-state index contributed by atoms with van der Waals surface area (Å²) >= 11 is 2.19. The van der Waals surface area contributed by atoms with Crippen molar-refractivity contribution in [3.05, 3.63) is 70.6 Å². The Kier molecular flexibility index (Phi) is 6.42. The standard InChI is InChI=1S/C19H17IN4O3/c20-14-2-8-17(9-3-14)27-13-19(26)21-12-18(25)23-15-4-6-16(7-5-15)24-11-1-10-22-24/h1-11H,12-13H2,(H,21,26)(H,23,25). The summed E-state index contributed by atoms with van der Waals surface area (Å²) in [6.07, 6.45) is 3.53. The molecule has 0 saturated carbocycles. The van der Waals surface area contributed by atoms with Gasteiger partial charge in [-0.25, -0.2) is 4.68 Å². The van der Waals surface area contributed by atoms with E-state index < -0.39 is 0 Å². The molecule has 0 atom stereocenters. The molecule has 3 aromatic rings. The zero-order chi connectivity index (χ0) is 19.1. The molecule has 2 aromatic carbocycles. The van der Waals surface area contributed by atoms with Crippen molar-refractivity contribution in [1.29, 1.82) is 0 Å². The average molecular weight is 476 g/mol. The minimum atomic E-state index is -0.363. The summed E-state index contributed by atoms with van der Waals surface area (Å²) in [5.41, 5.74) is 1.53. The summed E-state index contributed by atoms with van der Waals surface area (Å²) in [4.78, 5) is 23.7. The van der Waals surface area contributed by atoms with Crippen molar-refractivity contribution in [3.8, 4) is 11.4 Å². The predicted octanol–water partition coefficient (Wildman–Crippen LogP) is 2.61. The summed E-state index contributed by atoms with van der Waals surface area (Å²) in [5.74, 6) is -0.0746. The van der Waals surface area contributed by atoms with E-state index in [1.54, 1.807) is 35.1 Å². The highest BCUT2D eigenvalue weighted by atomic mass is 127. The van der Waals surface area contributed by atoms with Gasteiger partial charge < -0.3 is 15.4 Å². The molecule has 0 saturated heterocycles. The normalized spacial score (nSPS) is 10.3. The minimum Gasteiger partial charge on any atom is -0.484 e. The lowest BCUT2D eigenvalue weighted by molar-refractivity contribution is -0.125. The number of nitrogens with one attached hydrogen (secondary N) is 2. The maximum atomic E-state index is 12.0. The fourth-order valence-electron chi connectivity index (χ4n) is 2.23. The third-order valence-corrected chi connectivity index (χ3v) is 4.27. The molecule has 0 fully saturated rings. The lowest BCUT2D eigenvalue weighted by Gasteiger charge is -2.09. The first-order valence-corrected chi connectivity index (χ1v) is 9.23. The highest BCUT2D eigenvalue weighted by Crippen LogP contribution is 2.13. The quantitative estimate of drug-likeness (QED) is 0.514. The Bertz CT molecular complexity index is 894. The van der Waals surface area contributed by atoms with Crippen molar-refractivity contribution in [2.45, 2.75) is 0 Å². The number of amides is 2. The fraction of sp³-hybridized carbons (Fsp3) is 0.105. The van der Waals surface area contributed by atoms with Crippen LogP contribution in [0.1, 0.15) is 0 Å². The number of ether oxygens (including phenoxy) is 1. The molecule has 0 aliphatic rings. The number of carbonyl (C=O) groups excluding carboxylic acids is 2. The van der Waals surface area contributed by atoms with Gasteiger partial charge in [-0.2, -0.15) is 5.10 Å². The summed E-state index contributed by atoms with van der Waals surface area (Å²) < 4.78 is 8.17. The topological polar surface area (TPSA) is 85.2 Å². The van der Waals surface area contributed by atoms with Gasteiger partial charge in [0.15, 0.2) is 6.61 Å². The number of aromatic nitrogens is 2. The highest BCUT2D eigenvalue weighted by molar-refractivity contribution is 14.1. The molecule has 2 N–H and O–H groups in total. The van der Waals surface area contributed by atoms with Crippen molar-refractivity contribution in [2.75, 3.05) is 18.5 Å². The summed E-state index contributed by atoms with van der Waals surface area (Å²) in [5, 5.41) is 9.39. The van der Waals surface area contributed by atoms with Gasteiger partial charge in [0.1, 0.15) is 5.75 Å². The third kappa shape index (κ3) is 5.81. The van der Waals surface area contributed by atoms with Crippen LogP contribution in [0.25, 0.3) is 5.69 Å².